The van der Waals surface area contributed by atoms with Crippen molar-refractivity contribution in [2.45, 2.75) is 70.6 Å². The molecule has 2 rings (SSSR count). The van der Waals surface area contributed by atoms with Crippen molar-refractivity contribution in [3.05, 3.63) is 0 Å². The van der Waals surface area contributed by atoms with Gasteiger partial charge in [0.15, 0.2) is 17.9 Å². The first-order valence-electron chi connectivity index (χ1n) is 6.13. The molecule has 100 valence electrons. The minimum Gasteiger partial charge on any atom is -0.366 e. The SMILES string of the molecule is CC(C)(O)O[C@@H]1CC[C@@H](C2COC(C)(C)O2)O1. The number of hydrogen-bond acceptors (Lipinski definition) is 5. The fraction of sp³-hybridized carbons (Fsp3) is 1.00. The van der Waals surface area contributed by atoms with E-state index in [1.807, 2.05) is 13.8 Å². The van der Waals surface area contributed by atoms with Crippen molar-refractivity contribution in [1.29, 1.82) is 0 Å². The van der Waals surface area contributed by atoms with Gasteiger partial charge in [-0.25, -0.2) is 0 Å². The maximum absolute atomic E-state index is 9.55. The average molecular weight is 246 g/mol. The number of hydrogen-bond donors (Lipinski definition) is 1. The second-order valence-corrected chi connectivity index (χ2v) is 5.61. The van der Waals surface area contributed by atoms with Gasteiger partial charge >= 0.3 is 0 Å². The van der Waals surface area contributed by atoms with E-state index >= 15 is 0 Å². The van der Waals surface area contributed by atoms with E-state index in [1.165, 1.54) is 0 Å². The molecule has 1 N–H and O–H groups in total. The predicted octanol–water partition coefficient (Wildman–Crippen LogP) is 1.39. The Kier molecular flexibility index (Phi) is 3.49. The molecule has 0 spiro atoms. The fourth-order valence-corrected chi connectivity index (χ4v) is 2.21. The molecule has 3 atom stereocenters. The largest absolute Gasteiger partial charge is 0.366 e. The first-order chi connectivity index (χ1) is 7.75. The van der Waals surface area contributed by atoms with Crippen LogP contribution in [-0.2, 0) is 18.9 Å². The molecule has 0 radical (unpaired) electrons. The summed E-state index contributed by atoms with van der Waals surface area (Å²) >= 11 is 0. The maximum atomic E-state index is 9.55. The van der Waals surface area contributed by atoms with Crippen molar-refractivity contribution in [1.82, 2.24) is 0 Å². The lowest BCUT2D eigenvalue weighted by molar-refractivity contribution is -0.274. The standard InChI is InChI=1S/C12H22O5/c1-11(2,13)17-10-6-5-8(15-10)9-7-14-12(3,4)16-9/h8-10,13H,5-7H2,1-4H3/t8-,9?,10+/m0/s1. The fourth-order valence-electron chi connectivity index (χ4n) is 2.21. The minimum atomic E-state index is -1.16. The molecule has 2 heterocycles. The molecule has 0 aromatic heterocycles. The van der Waals surface area contributed by atoms with Crippen molar-refractivity contribution in [2.75, 3.05) is 6.61 Å². The first-order valence-corrected chi connectivity index (χ1v) is 6.13. The summed E-state index contributed by atoms with van der Waals surface area (Å²) in [6.45, 7) is 7.54. The molecule has 0 bridgehead atoms. The molecule has 5 heteroatoms. The molecule has 0 aromatic rings. The van der Waals surface area contributed by atoms with E-state index in [0.717, 1.165) is 12.8 Å². The number of rotatable bonds is 3. The van der Waals surface area contributed by atoms with Gasteiger partial charge in [0.25, 0.3) is 0 Å². The molecule has 5 nitrogen and oxygen atoms in total. The second kappa shape index (κ2) is 4.48. The highest BCUT2D eigenvalue weighted by Gasteiger charge is 2.42. The Morgan fingerprint density at radius 3 is 2.47 bits per heavy atom. The summed E-state index contributed by atoms with van der Waals surface area (Å²) < 4.78 is 22.4. The van der Waals surface area contributed by atoms with Crippen LogP contribution in [-0.4, -0.2) is 41.8 Å². The number of aliphatic hydroxyl groups is 1. The first kappa shape index (κ1) is 13.2. The molecule has 2 saturated heterocycles. The van der Waals surface area contributed by atoms with Crippen molar-refractivity contribution in [3.63, 3.8) is 0 Å². The van der Waals surface area contributed by atoms with Gasteiger partial charge in [0.1, 0.15) is 6.10 Å². The average Bonchev–Trinajstić information content (AvgIpc) is 2.69. The lowest BCUT2D eigenvalue weighted by Gasteiger charge is -2.25. The third-order valence-corrected chi connectivity index (χ3v) is 2.88. The van der Waals surface area contributed by atoms with Crippen molar-refractivity contribution >= 4 is 0 Å². The summed E-state index contributed by atoms with van der Waals surface area (Å²) in [5.74, 6) is -1.69. The minimum absolute atomic E-state index is 0.0101. The highest BCUT2D eigenvalue weighted by Crippen LogP contribution is 2.32. The van der Waals surface area contributed by atoms with E-state index in [9.17, 15) is 5.11 Å². The van der Waals surface area contributed by atoms with Crippen LogP contribution in [0, 0.1) is 0 Å². The van der Waals surface area contributed by atoms with Crippen molar-refractivity contribution < 1.29 is 24.1 Å². The Morgan fingerprint density at radius 2 is 1.94 bits per heavy atom. The zero-order valence-corrected chi connectivity index (χ0v) is 10.9. The maximum Gasteiger partial charge on any atom is 0.163 e. The van der Waals surface area contributed by atoms with Crippen LogP contribution in [0.1, 0.15) is 40.5 Å². The van der Waals surface area contributed by atoms with E-state index in [2.05, 4.69) is 0 Å². The van der Waals surface area contributed by atoms with Gasteiger partial charge in [0, 0.05) is 6.42 Å². The van der Waals surface area contributed by atoms with Crippen LogP contribution in [0.25, 0.3) is 0 Å². The molecule has 0 aliphatic carbocycles. The summed E-state index contributed by atoms with van der Waals surface area (Å²) in [5, 5.41) is 9.55. The van der Waals surface area contributed by atoms with Gasteiger partial charge in [-0.3, -0.25) is 0 Å². The molecule has 1 unspecified atom stereocenters. The summed E-state index contributed by atoms with van der Waals surface area (Å²) in [5.41, 5.74) is 0. The van der Waals surface area contributed by atoms with E-state index in [1.54, 1.807) is 13.8 Å². The normalized spacial score (nSPS) is 37.6. The van der Waals surface area contributed by atoms with Crippen LogP contribution in [0.3, 0.4) is 0 Å². The zero-order valence-electron chi connectivity index (χ0n) is 10.9. The highest BCUT2D eigenvalue weighted by atomic mass is 16.8. The molecular weight excluding hydrogens is 224 g/mol. The molecule has 0 saturated carbocycles. The van der Waals surface area contributed by atoms with E-state index in [-0.39, 0.29) is 18.5 Å². The monoisotopic (exact) mass is 246 g/mol. The molecule has 2 aliphatic heterocycles. The Balaban J connectivity index is 1.82. The summed E-state index contributed by atoms with van der Waals surface area (Å²) in [6, 6.07) is 0. The van der Waals surface area contributed by atoms with Gasteiger partial charge in [-0.05, 0) is 34.1 Å². The molecule has 0 aromatic carbocycles. The van der Waals surface area contributed by atoms with Gasteiger partial charge < -0.3 is 24.1 Å². The van der Waals surface area contributed by atoms with Crippen LogP contribution < -0.4 is 0 Å². The summed E-state index contributed by atoms with van der Waals surface area (Å²) in [4.78, 5) is 0. The van der Waals surface area contributed by atoms with Crippen molar-refractivity contribution in [3.8, 4) is 0 Å². The molecule has 17 heavy (non-hydrogen) atoms. The van der Waals surface area contributed by atoms with Gasteiger partial charge in [-0.1, -0.05) is 0 Å². The third kappa shape index (κ3) is 3.63. The summed E-state index contributed by atoms with van der Waals surface area (Å²) in [6.07, 6.45) is 1.23. The van der Waals surface area contributed by atoms with E-state index in [0.29, 0.717) is 6.61 Å². The van der Waals surface area contributed by atoms with E-state index in [4.69, 9.17) is 18.9 Å². The van der Waals surface area contributed by atoms with Gasteiger partial charge in [-0.15, -0.1) is 0 Å². The quantitative estimate of drug-likeness (QED) is 0.763. The van der Waals surface area contributed by atoms with Crippen LogP contribution in [0.15, 0.2) is 0 Å². The predicted molar refractivity (Wildman–Crippen MR) is 60.2 cm³/mol. The van der Waals surface area contributed by atoms with Crippen LogP contribution in [0.2, 0.25) is 0 Å². The van der Waals surface area contributed by atoms with Gasteiger partial charge in [0.05, 0.1) is 12.7 Å². The Bertz CT molecular complexity index is 271. The molecular formula is C12H22O5. The van der Waals surface area contributed by atoms with Crippen LogP contribution in [0.5, 0.6) is 0 Å². The van der Waals surface area contributed by atoms with Crippen LogP contribution in [0.4, 0.5) is 0 Å². The Labute approximate surface area is 102 Å². The Hall–Kier alpha value is -0.200. The molecule has 0 amide bonds. The topological polar surface area (TPSA) is 57.2 Å². The second-order valence-electron chi connectivity index (χ2n) is 5.61. The molecule has 2 aliphatic rings. The van der Waals surface area contributed by atoms with Crippen molar-refractivity contribution in [2.24, 2.45) is 0 Å². The van der Waals surface area contributed by atoms with E-state index < -0.39 is 11.6 Å². The lowest BCUT2D eigenvalue weighted by Crippen LogP contribution is -2.34. The Morgan fingerprint density at radius 1 is 1.24 bits per heavy atom. The van der Waals surface area contributed by atoms with Gasteiger partial charge in [-0.2, -0.15) is 0 Å². The van der Waals surface area contributed by atoms with Gasteiger partial charge in [0.2, 0.25) is 0 Å². The zero-order chi connectivity index (χ0) is 12.7. The molecule has 2 fully saturated rings. The lowest BCUT2D eigenvalue weighted by atomic mass is 10.1. The van der Waals surface area contributed by atoms with Crippen LogP contribution >= 0.6 is 0 Å². The third-order valence-electron chi connectivity index (χ3n) is 2.88. The summed E-state index contributed by atoms with van der Waals surface area (Å²) in [7, 11) is 0. The highest BCUT2D eigenvalue weighted by molar-refractivity contribution is 4.82. The number of ether oxygens (including phenoxy) is 4. The smallest absolute Gasteiger partial charge is 0.163 e.